The molecule has 8 nitrogen and oxygen atoms in total. The number of hydrogen-bond donors (Lipinski definition) is 3. The average molecular weight is 563 g/mol. The van der Waals surface area contributed by atoms with E-state index in [9.17, 15) is 26.3 Å². The zero-order valence-corrected chi connectivity index (χ0v) is 20.7. The van der Waals surface area contributed by atoms with Crippen molar-refractivity contribution in [3.63, 3.8) is 0 Å². The Morgan fingerprint density at radius 2 is 1.44 bits per heavy atom. The van der Waals surface area contributed by atoms with E-state index in [1.807, 2.05) is 18.5 Å². The van der Waals surface area contributed by atoms with Crippen molar-refractivity contribution >= 4 is 17.9 Å². The van der Waals surface area contributed by atoms with Crippen LogP contribution < -0.4 is 10.2 Å². The van der Waals surface area contributed by atoms with Crippen LogP contribution in [0.15, 0.2) is 42.7 Å². The minimum atomic E-state index is -5.08. The number of fused-ring (bicyclic) bond motifs is 2. The molecule has 2 heterocycles. The number of carboxylic acid groups (broad SMARTS) is 2. The highest BCUT2D eigenvalue weighted by atomic mass is 19.4. The van der Waals surface area contributed by atoms with Gasteiger partial charge in [0, 0.05) is 36.9 Å². The molecule has 14 heteroatoms. The number of benzene rings is 1. The molecule has 1 aliphatic heterocycles. The first-order chi connectivity index (χ1) is 18.2. The van der Waals surface area contributed by atoms with E-state index in [2.05, 4.69) is 44.5 Å². The van der Waals surface area contributed by atoms with Gasteiger partial charge in [-0.1, -0.05) is 24.3 Å². The lowest BCUT2D eigenvalue weighted by Gasteiger charge is -2.40. The Bertz CT molecular complexity index is 1090. The second kappa shape index (κ2) is 12.2. The van der Waals surface area contributed by atoms with Gasteiger partial charge in [-0.05, 0) is 61.8 Å². The van der Waals surface area contributed by atoms with Gasteiger partial charge in [-0.15, -0.1) is 0 Å². The number of piperidine rings is 1. The number of carboxylic acids is 2. The maximum absolute atomic E-state index is 10.6. The summed E-state index contributed by atoms with van der Waals surface area (Å²) in [4.78, 5) is 29.0. The highest BCUT2D eigenvalue weighted by molar-refractivity contribution is 5.73. The molecule has 1 saturated heterocycles. The van der Waals surface area contributed by atoms with Crippen LogP contribution in [0.1, 0.15) is 49.3 Å². The van der Waals surface area contributed by atoms with E-state index >= 15 is 0 Å². The molecule has 214 valence electrons. The molecule has 2 fully saturated rings. The summed E-state index contributed by atoms with van der Waals surface area (Å²) < 4.78 is 63.5. The predicted molar refractivity (Wildman–Crippen MR) is 127 cm³/mol. The topological polar surface area (TPSA) is 116 Å². The van der Waals surface area contributed by atoms with Crippen molar-refractivity contribution in [2.45, 2.75) is 55.9 Å². The summed E-state index contributed by atoms with van der Waals surface area (Å²) in [5.74, 6) is -3.70. The number of nitrogens with zero attached hydrogens (tertiary/aromatic N) is 3. The Morgan fingerprint density at radius 1 is 0.923 bits per heavy atom. The summed E-state index contributed by atoms with van der Waals surface area (Å²) in [6, 6.07) is 11.6. The maximum atomic E-state index is 10.6. The smallest absolute Gasteiger partial charge is 0.475 e. The normalized spacial score (nSPS) is 19.7. The highest BCUT2D eigenvalue weighted by Crippen LogP contribution is 2.51. The first kappa shape index (κ1) is 30.1. The largest absolute Gasteiger partial charge is 0.490 e. The SMILES string of the molecule is O=C(O)C(F)(F)F.O=C(O)C(F)(F)F.c1cnc(N2CCC3(CC2)CC(NCC2CC2)c2ccccc23)nc1. The molecule has 0 bridgehead atoms. The maximum Gasteiger partial charge on any atom is 0.490 e. The molecule has 1 saturated carbocycles. The van der Waals surface area contributed by atoms with E-state index < -0.39 is 24.3 Å². The van der Waals surface area contributed by atoms with Gasteiger partial charge in [-0.2, -0.15) is 26.3 Å². The Balaban J connectivity index is 0.000000251. The lowest BCUT2D eigenvalue weighted by molar-refractivity contribution is -0.193. The number of hydrogen-bond acceptors (Lipinski definition) is 6. The second-order valence-corrected chi connectivity index (χ2v) is 9.62. The molecule has 1 aromatic heterocycles. The van der Waals surface area contributed by atoms with E-state index in [0.717, 1.165) is 25.0 Å². The molecular formula is C25H28F6N4O4. The number of carbonyl (C=O) groups is 2. The van der Waals surface area contributed by atoms with Gasteiger partial charge in [0.1, 0.15) is 0 Å². The Kier molecular flexibility index (Phi) is 9.41. The van der Waals surface area contributed by atoms with Crippen molar-refractivity contribution in [2.24, 2.45) is 5.92 Å². The first-order valence-corrected chi connectivity index (χ1v) is 12.2. The molecule has 39 heavy (non-hydrogen) atoms. The van der Waals surface area contributed by atoms with Crippen molar-refractivity contribution in [1.82, 2.24) is 15.3 Å². The lowest BCUT2D eigenvalue weighted by Crippen LogP contribution is -2.42. The van der Waals surface area contributed by atoms with E-state index in [1.165, 1.54) is 38.6 Å². The Hall–Kier alpha value is -3.42. The molecule has 3 N–H and O–H groups in total. The van der Waals surface area contributed by atoms with Crippen LogP contribution >= 0.6 is 0 Å². The Labute approximate surface area is 220 Å². The molecule has 2 aliphatic carbocycles. The molecular weight excluding hydrogens is 534 g/mol. The number of aliphatic carboxylic acids is 2. The average Bonchev–Trinajstić information content (AvgIpc) is 3.67. The number of nitrogens with one attached hydrogen (secondary N) is 1. The van der Waals surface area contributed by atoms with Gasteiger partial charge in [-0.3, -0.25) is 0 Å². The predicted octanol–water partition coefficient (Wildman–Crippen LogP) is 4.73. The van der Waals surface area contributed by atoms with Gasteiger partial charge in [0.2, 0.25) is 5.95 Å². The fourth-order valence-corrected chi connectivity index (χ4v) is 4.77. The fourth-order valence-electron chi connectivity index (χ4n) is 4.77. The van der Waals surface area contributed by atoms with Crippen LogP contribution in [-0.2, 0) is 15.0 Å². The molecule has 1 spiro atoms. The molecule has 1 atom stereocenters. The second-order valence-electron chi connectivity index (χ2n) is 9.62. The quantitative estimate of drug-likeness (QED) is 0.459. The minimum absolute atomic E-state index is 0.336. The molecule has 1 aromatic carbocycles. The fraction of sp³-hybridized carbons (Fsp3) is 0.520. The molecule has 5 rings (SSSR count). The van der Waals surface area contributed by atoms with Crippen LogP contribution in [-0.4, -0.2) is 64.1 Å². The van der Waals surface area contributed by atoms with Crippen LogP contribution in [0.4, 0.5) is 32.3 Å². The van der Waals surface area contributed by atoms with Gasteiger partial charge < -0.3 is 20.4 Å². The van der Waals surface area contributed by atoms with Crippen molar-refractivity contribution in [2.75, 3.05) is 24.5 Å². The van der Waals surface area contributed by atoms with E-state index in [1.54, 1.807) is 11.1 Å². The monoisotopic (exact) mass is 562 g/mol. The first-order valence-electron chi connectivity index (χ1n) is 12.2. The summed E-state index contributed by atoms with van der Waals surface area (Å²) in [5, 5.41) is 18.1. The van der Waals surface area contributed by atoms with Crippen molar-refractivity contribution in [3.05, 3.63) is 53.9 Å². The summed E-state index contributed by atoms with van der Waals surface area (Å²) in [5.41, 5.74) is 3.48. The van der Waals surface area contributed by atoms with Gasteiger partial charge in [0.05, 0.1) is 0 Å². The van der Waals surface area contributed by atoms with Crippen molar-refractivity contribution < 1.29 is 46.1 Å². The summed E-state index contributed by atoms with van der Waals surface area (Å²) >= 11 is 0. The van der Waals surface area contributed by atoms with Crippen LogP contribution in [0, 0.1) is 5.92 Å². The van der Waals surface area contributed by atoms with E-state index in [4.69, 9.17) is 19.8 Å². The molecule has 3 aliphatic rings. The molecule has 2 aromatic rings. The molecule has 0 amide bonds. The third-order valence-electron chi connectivity index (χ3n) is 6.89. The number of aromatic nitrogens is 2. The van der Waals surface area contributed by atoms with Crippen LogP contribution in [0.2, 0.25) is 0 Å². The van der Waals surface area contributed by atoms with Gasteiger partial charge in [0.25, 0.3) is 0 Å². The molecule has 0 radical (unpaired) electrons. The molecule has 1 unspecified atom stereocenters. The summed E-state index contributed by atoms with van der Waals surface area (Å²) in [6.45, 7) is 3.29. The zero-order chi connectivity index (χ0) is 28.8. The van der Waals surface area contributed by atoms with Crippen LogP contribution in [0.5, 0.6) is 0 Å². The van der Waals surface area contributed by atoms with Crippen molar-refractivity contribution in [1.29, 1.82) is 0 Å². The third kappa shape index (κ3) is 8.28. The number of anilines is 1. The number of alkyl halides is 6. The van der Waals surface area contributed by atoms with Gasteiger partial charge in [0.15, 0.2) is 0 Å². The van der Waals surface area contributed by atoms with Crippen molar-refractivity contribution in [3.8, 4) is 0 Å². The van der Waals surface area contributed by atoms with Crippen LogP contribution in [0.25, 0.3) is 0 Å². The summed E-state index contributed by atoms with van der Waals surface area (Å²) in [6.07, 6.45) is -0.00177. The lowest BCUT2D eigenvalue weighted by atomic mass is 9.73. The van der Waals surface area contributed by atoms with Gasteiger partial charge >= 0.3 is 24.3 Å². The Morgan fingerprint density at radius 3 is 1.92 bits per heavy atom. The number of halogens is 6. The van der Waals surface area contributed by atoms with E-state index in [0.29, 0.717) is 11.5 Å². The highest BCUT2D eigenvalue weighted by Gasteiger charge is 2.45. The number of rotatable bonds is 4. The standard InChI is InChI=1S/C21H26N4.2C2HF3O2/c1-2-5-18-17(4-1)19(24-15-16-6-7-16)14-21(18)8-12-25(13-9-21)20-22-10-3-11-23-20;2*3-2(4,5)1(6)7/h1-5,10-11,16,19,24H,6-9,12-15H2;2*(H,6,7). The zero-order valence-electron chi connectivity index (χ0n) is 20.7. The van der Waals surface area contributed by atoms with Gasteiger partial charge in [-0.25, -0.2) is 19.6 Å². The minimum Gasteiger partial charge on any atom is -0.475 e. The third-order valence-corrected chi connectivity index (χ3v) is 6.89. The van der Waals surface area contributed by atoms with Crippen LogP contribution in [0.3, 0.4) is 0 Å². The van der Waals surface area contributed by atoms with E-state index in [-0.39, 0.29) is 0 Å². The summed E-state index contributed by atoms with van der Waals surface area (Å²) in [7, 11) is 0.